The maximum Gasteiger partial charge on any atom is 0.322 e. The van der Waals surface area contributed by atoms with Gasteiger partial charge in [0.15, 0.2) is 0 Å². The molecule has 2 amide bonds. The van der Waals surface area contributed by atoms with Crippen LogP contribution in [0.2, 0.25) is 0 Å². The predicted octanol–water partition coefficient (Wildman–Crippen LogP) is 5.94. The molecule has 1 N–H and O–H groups in total. The van der Waals surface area contributed by atoms with Crippen molar-refractivity contribution in [2.24, 2.45) is 0 Å². The molecule has 1 atom stereocenters. The van der Waals surface area contributed by atoms with Crippen LogP contribution < -0.4 is 10.1 Å². The standard InChI is InChI=1S/C26H39N3O2/c1-6-28(7-2)19-9-10-22(5)29(20-23-13-17-25(18-14-23)31-8-3)26(30)27-24-15-11-21(4)12-16-24/h11-18,22H,6-10,19-20H2,1-5H3,(H,27,30)/t22-/m1/s1. The number of rotatable bonds is 12. The number of aryl methyl sites for hydroxylation is 1. The highest BCUT2D eigenvalue weighted by Gasteiger charge is 2.21. The zero-order valence-electron chi connectivity index (χ0n) is 19.9. The SMILES string of the molecule is CCOc1ccc(CN(C(=O)Nc2ccc(C)cc2)[C@H](C)CCCN(CC)CC)cc1. The molecule has 2 aromatic carbocycles. The van der Waals surface area contributed by atoms with Gasteiger partial charge in [0.25, 0.3) is 0 Å². The molecular formula is C26H39N3O2. The Balaban J connectivity index is 2.09. The van der Waals surface area contributed by atoms with E-state index in [9.17, 15) is 4.79 Å². The maximum absolute atomic E-state index is 13.2. The minimum absolute atomic E-state index is 0.0620. The molecule has 5 nitrogen and oxygen atoms in total. The van der Waals surface area contributed by atoms with Gasteiger partial charge in [0.05, 0.1) is 6.61 Å². The lowest BCUT2D eigenvalue weighted by molar-refractivity contribution is 0.181. The van der Waals surface area contributed by atoms with Crippen LogP contribution in [-0.4, -0.2) is 48.1 Å². The van der Waals surface area contributed by atoms with Gasteiger partial charge in [0, 0.05) is 18.3 Å². The first-order valence-corrected chi connectivity index (χ1v) is 11.5. The Morgan fingerprint density at radius 2 is 1.65 bits per heavy atom. The summed E-state index contributed by atoms with van der Waals surface area (Å²) >= 11 is 0. The Labute approximate surface area is 188 Å². The molecule has 0 spiro atoms. The zero-order valence-corrected chi connectivity index (χ0v) is 19.9. The number of carbonyl (C=O) groups excluding carboxylic acids is 1. The summed E-state index contributed by atoms with van der Waals surface area (Å²) < 4.78 is 5.55. The van der Waals surface area contributed by atoms with Crippen LogP contribution in [0.5, 0.6) is 5.75 Å². The lowest BCUT2D eigenvalue weighted by Gasteiger charge is -2.30. The van der Waals surface area contributed by atoms with E-state index in [1.165, 1.54) is 5.56 Å². The van der Waals surface area contributed by atoms with Gasteiger partial charge in [-0.2, -0.15) is 0 Å². The van der Waals surface area contributed by atoms with Crippen molar-refractivity contribution >= 4 is 11.7 Å². The fourth-order valence-corrected chi connectivity index (χ4v) is 3.62. The number of ether oxygens (including phenoxy) is 1. The zero-order chi connectivity index (χ0) is 22.6. The van der Waals surface area contributed by atoms with Gasteiger partial charge in [0.1, 0.15) is 5.75 Å². The van der Waals surface area contributed by atoms with Gasteiger partial charge in [0.2, 0.25) is 0 Å². The maximum atomic E-state index is 13.2. The van der Waals surface area contributed by atoms with Crippen LogP contribution >= 0.6 is 0 Å². The van der Waals surface area contributed by atoms with E-state index in [1.807, 2.05) is 67.3 Å². The summed E-state index contributed by atoms with van der Waals surface area (Å²) in [4.78, 5) is 17.6. The summed E-state index contributed by atoms with van der Waals surface area (Å²) in [6.07, 6.45) is 2.04. The van der Waals surface area contributed by atoms with E-state index in [-0.39, 0.29) is 12.1 Å². The minimum atomic E-state index is -0.0620. The Morgan fingerprint density at radius 1 is 1.00 bits per heavy atom. The topological polar surface area (TPSA) is 44.8 Å². The third kappa shape index (κ3) is 8.25. The van der Waals surface area contributed by atoms with Crippen LogP contribution in [0.25, 0.3) is 0 Å². The van der Waals surface area contributed by atoms with Crippen molar-refractivity contribution < 1.29 is 9.53 Å². The number of anilines is 1. The number of hydrogen-bond donors (Lipinski definition) is 1. The van der Waals surface area contributed by atoms with E-state index in [0.717, 1.165) is 49.5 Å². The number of nitrogens with one attached hydrogen (secondary N) is 1. The third-order valence-corrected chi connectivity index (χ3v) is 5.67. The highest BCUT2D eigenvalue weighted by molar-refractivity contribution is 5.89. The molecule has 0 aliphatic heterocycles. The molecule has 0 radical (unpaired) electrons. The van der Waals surface area contributed by atoms with Crippen molar-refractivity contribution in [2.45, 2.75) is 60.0 Å². The largest absolute Gasteiger partial charge is 0.494 e. The molecule has 170 valence electrons. The van der Waals surface area contributed by atoms with Crippen LogP contribution in [0.4, 0.5) is 10.5 Å². The average molecular weight is 426 g/mol. The van der Waals surface area contributed by atoms with E-state index in [0.29, 0.717) is 13.2 Å². The van der Waals surface area contributed by atoms with Crippen LogP contribution in [-0.2, 0) is 6.54 Å². The number of amides is 2. The number of urea groups is 1. The lowest BCUT2D eigenvalue weighted by atomic mass is 10.1. The van der Waals surface area contributed by atoms with Crippen LogP contribution in [0, 0.1) is 6.92 Å². The number of benzene rings is 2. The number of nitrogens with zero attached hydrogens (tertiary/aromatic N) is 2. The van der Waals surface area contributed by atoms with E-state index in [2.05, 4.69) is 31.0 Å². The van der Waals surface area contributed by atoms with Crippen LogP contribution in [0.15, 0.2) is 48.5 Å². The number of hydrogen-bond acceptors (Lipinski definition) is 3. The first-order valence-electron chi connectivity index (χ1n) is 11.5. The van der Waals surface area contributed by atoms with Gasteiger partial charge in [-0.05, 0) is 83.1 Å². The molecular weight excluding hydrogens is 386 g/mol. The highest BCUT2D eigenvalue weighted by atomic mass is 16.5. The molecule has 0 fully saturated rings. The number of carbonyl (C=O) groups is 1. The minimum Gasteiger partial charge on any atom is -0.494 e. The van der Waals surface area contributed by atoms with E-state index in [4.69, 9.17) is 4.74 Å². The molecule has 0 bridgehead atoms. The van der Waals surface area contributed by atoms with Crippen molar-refractivity contribution in [3.05, 3.63) is 59.7 Å². The fourth-order valence-electron chi connectivity index (χ4n) is 3.62. The van der Waals surface area contributed by atoms with Crippen molar-refractivity contribution in [3.8, 4) is 5.75 Å². The molecule has 0 unspecified atom stereocenters. The summed E-state index contributed by atoms with van der Waals surface area (Å²) in [5, 5.41) is 3.08. The second kappa shape index (κ2) is 13.0. The first-order chi connectivity index (χ1) is 15.0. The molecule has 5 heteroatoms. The van der Waals surface area contributed by atoms with Gasteiger partial charge in [-0.25, -0.2) is 4.79 Å². The molecule has 2 aromatic rings. The van der Waals surface area contributed by atoms with E-state index >= 15 is 0 Å². The van der Waals surface area contributed by atoms with Crippen LogP contribution in [0.1, 0.15) is 51.7 Å². The summed E-state index contributed by atoms with van der Waals surface area (Å²) in [6.45, 7) is 15.0. The van der Waals surface area contributed by atoms with Crippen molar-refractivity contribution in [2.75, 3.05) is 31.6 Å². The monoisotopic (exact) mass is 425 g/mol. The van der Waals surface area contributed by atoms with Gasteiger partial charge in [-0.3, -0.25) is 0 Å². The smallest absolute Gasteiger partial charge is 0.322 e. The summed E-state index contributed by atoms with van der Waals surface area (Å²) in [6, 6.07) is 16.0. The van der Waals surface area contributed by atoms with E-state index < -0.39 is 0 Å². The normalized spacial score (nSPS) is 11.9. The molecule has 0 aliphatic carbocycles. The second-order valence-corrected chi connectivity index (χ2v) is 8.02. The van der Waals surface area contributed by atoms with Gasteiger partial charge >= 0.3 is 6.03 Å². The molecule has 2 rings (SSSR count). The van der Waals surface area contributed by atoms with Gasteiger partial charge < -0.3 is 19.9 Å². The summed E-state index contributed by atoms with van der Waals surface area (Å²) in [7, 11) is 0. The Hall–Kier alpha value is -2.53. The van der Waals surface area contributed by atoms with E-state index in [1.54, 1.807) is 0 Å². The Bertz CT molecular complexity index is 770. The summed E-state index contributed by atoms with van der Waals surface area (Å²) in [5.41, 5.74) is 3.09. The molecule has 0 saturated heterocycles. The molecule has 0 aromatic heterocycles. The Morgan fingerprint density at radius 3 is 2.23 bits per heavy atom. The molecule has 31 heavy (non-hydrogen) atoms. The lowest BCUT2D eigenvalue weighted by Crippen LogP contribution is -2.41. The van der Waals surface area contributed by atoms with Crippen molar-refractivity contribution in [3.63, 3.8) is 0 Å². The van der Waals surface area contributed by atoms with Crippen LogP contribution in [0.3, 0.4) is 0 Å². The summed E-state index contributed by atoms with van der Waals surface area (Å²) in [5.74, 6) is 0.856. The van der Waals surface area contributed by atoms with Crippen molar-refractivity contribution in [1.29, 1.82) is 0 Å². The van der Waals surface area contributed by atoms with Gasteiger partial charge in [-0.1, -0.05) is 43.7 Å². The fraction of sp³-hybridized carbons (Fsp3) is 0.500. The molecule has 0 aliphatic rings. The van der Waals surface area contributed by atoms with Gasteiger partial charge in [-0.15, -0.1) is 0 Å². The molecule has 0 saturated carbocycles. The Kier molecular flexibility index (Phi) is 10.4. The third-order valence-electron chi connectivity index (χ3n) is 5.67. The second-order valence-electron chi connectivity index (χ2n) is 8.02. The molecule has 0 heterocycles. The first kappa shape index (κ1) is 24.7. The van der Waals surface area contributed by atoms with Crippen molar-refractivity contribution in [1.82, 2.24) is 9.80 Å². The quantitative estimate of drug-likeness (QED) is 0.458. The highest BCUT2D eigenvalue weighted by Crippen LogP contribution is 2.18. The average Bonchev–Trinajstić information content (AvgIpc) is 2.77. The predicted molar refractivity (Wildman–Crippen MR) is 130 cm³/mol.